The number of amides is 1. The summed E-state index contributed by atoms with van der Waals surface area (Å²) in [7, 11) is 0. The van der Waals surface area contributed by atoms with E-state index in [9.17, 15) is 9.18 Å². The lowest BCUT2D eigenvalue weighted by molar-refractivity contribution is 0.209. The largest absolute Gasteiger partial charge is 0.465 e. The highest BCUT2D eigenvalue weighted by Gasteiger charge is 2.10. The predicted molar refractivity (Wildman–Crippen MR) is 122 cm³/mol. The SMILES string of the molecule is C1CC1.N#Cc1ccc(NCc2ccc(-c3cccc4nc(NC(=O)O)nn34)cc2)c(F)c1. The fourth-order valence-corrected chi connectivity index (χ4v) is 2.99. The summed E-state index contributed by atoms with van der Waals surface area (Å²) in [6.45, 7) is 0.406. The maximum absolute atomic E-state index is 14.0. The molecule has 1 saturated carbocycles. The standard InChI is InChI=1S/C21H15FN6O2.C3H6/c22-16-10-14(11-23)6-9-17(16)24-12-13-4-7-15(8-5-13)18-2-1-3-19-25-20(26-21(29)30)27-28(18)19;1-2-3-1/h1-10,24H,12H2,(H,26,27)(H,29,30);1-3H2. The molecule has 166 valence electrons. The van der Waals surface area contributed by atoms with Gasteiger partial charge in [0, 0.05) is 12.1 Å². The Morgan fingerprint density at radius 1 is 1.12 bits per heavy atom. The van der Waals surface area contributed by atoms with Crippen LogP contribution in [0.4, 0.5) is 20.8 Å². The number of carboxylic acid groups (broad SMARTS) is 1. The number of hydrogen-bond acceptors (Lipinski definition) is 5. The van der Waals surface area contributed by atoms with E-state index < -0.39 is 11.9 Å². The third kappa shape index (κ3) is 5.62. The van der Waals surface area contributed by atoms with Crippen LogP contribution in [0.25, 0.3) is 16.9 Å². The van der Waals surface area contributed by atoms with Crippen molar-refractivity contribution in [2.75, 3.05) is 10.6 Å². The Bertz CT molecular complexity index is 1320. The van der Waals surface area contributed by atoms with Crippen LogP contribution >= 0.6 is 0 Å². The van der Waals surface area contributed by atoms with Crippen LogP contribution in [0.5, 0.6) is 0 Å². The molecule has 9 heteroatoms. The molecular formula is C24H21FN6O2. The van der Waals surface area contributed by atoms with Gasteiger partial charge in [-0.15, -0.1) is 5.10 Å². The maximum atomic E-state index is 14.0. The average molecular weight is 444 g/mol. The third-order valence-electron chi connectivity index (χ3n) is 4.76. The molecule has 3 N–H and O–H groups in total. The minimum atomic E-state index is -1.23. The summed E-state index contributed by atoms with van der Waals surface area (Å²) >= 11 is 0. The molecular weight excluding hydrogens is 423 g/mol. The van der Waals surface area contributed by atoms with Crippen molar-refractivity contribution < 1.29 is 14.3 Å². The van der Waals surface area contributed by atoms with Crippen LogP contribution in [0.3, 0.4) is 0 Å². The number of anilines is 2. The van der Waals surface area contributed by atoms with Gasteiger partial charge >= 0.3 is 6.09 Å². The molecule has 33 heavy (non-hydrogen) atoms. The first kappa shape index (κ1) is 21.8. The minimum absolute atomic E-state index is 0.000198. The van der Waals surface area contributed by atoms with E-state index in [1.807, 2.05) is 42.5 Å². The molecule has 0 atom stereocenters. The third-order valence-corrected chi connectivity index (χ3v) is 4.76. The molecule has 1 aliphatic carbocycles. The summed E-state index contributed by atoms with van der Waals surface area (Å²) < 4.78 is 15.5. The van der Waals surface area contributed by atoms with Crippen molar-refractivity contribution in [3.05, 3.63) is 77.6 Å². The molecule has 8 nitrogen and oxygen atoms in total. The van der Waals surface area contributed by atoms with Crippen LogP contribution in [-0.4, -0.2) is 25.8 Å². The zero-order valence-electron chi connectivity index (χ0n) is 17.6. The quantitative estimate of drug-likeness (QED) is 0.386. The monoisotopic (exact) mass is 444 g/mol. The molecule has 0 aliphatic heterocycles. The molecule has 1 aliphatic rings. The van der Waals surface area contributed by atoms with Crippen LogP contribution in [0.1, 0.15) is 30.4 Å². The summed E-state index contributed by atoms with van der Waals surface area (Å²) in [5, 5.41) is 27.0. The van der Waals surface area contributed by atoms with Crippen LogP contribution in [0.15, 0.2) is 60.7 Å². The number of nitrogens with one attached hydrogen (secondary N) is 2. The lowest BCUT2D eigenvalue weighted by Gasteiger charge is -2.09. The Hall–Kier alpha value is -4.45. The van der Waals surface area contributed by atoms with Crippen molar-refractivity contribution in [1.29, 1.82) is 5.26 Å². The average Bonchev–Trinajstić information content (AvgIpc) is 3.64. The van der Waals surface area contributed by atoms with Gasteiger partial charge in [0.1, 0.15) is 5.82 Å². The Labute approximate surface area is 189 Å². The number of hydrogen-bond donors (Lipinski definition) is 3. The summed E-state index contributed by atoms with van der Waals surface area (Å²) in [5.74, 6) is -0.477. The Balaban J connectivity index is 0.000000799. The number of fused-ring (bicyclic) bond motifs is 1. The Morgan fingerprint density at radius 2 is 1.88 bits per heavy atom. The molecule has 2 aromatic carbocycles. The topological polar surface area (TPSA) is 115 Å². The van der Waals surface area contributed by atoms with Gasteiger partial charge in [-0.3, -0.25) is 5.32 Å². The van der Waals surface area contributed by atoms with E-state index >= 15 is 0 Å². The molecule has 0 bridgehead atoms. The van der Waals surface area contributed by atoms with E-state index in [2.05, 4.69) is 20.7 Å². The molecule has 0 spiro atoms. The van der Waals surface area contributed by atoms with Crippen molar-refractivity contribution in [2.24, 2.45) is 0 Å². The van der Waals surface area contributed by atoms with Gasteiger partial charge in [0.05, 0.1) is 23.0 Å². The highest BCUT2D eigenvalue weighted by molar-refractivity contribution is 5.80. The highest BCUT2D eigenvalue weighted by atomic mass is 19.1. The lowest BCUT2D eigenvalue weighted by Crippen LogP contribution is -2.08. The second-order valence-corrected chi connectivity index (χ2v) is 7.46. The molecule has 0 saturated heterocycles. The zero-order valence-corrected chi connectivity index (χ0v) is 17.6. The molecule has 4 aromatic rings. The second-order valence-electron chi connectivity index (χ2n) is 7.46. The number of benzene rings is 2. The van der Waals surface area contributed by atoms with Gasteiger partial charge < -0.3 is 10.4 Å². The molecule has 2 heterocycles. The molecule has 1 amide bonds. The summed E-state index contributed by atoms with van der Waals surface area (Å²) in [6, 6.07) is 19.2. The van der Waals surface area contributed by atoms with Crippen molar-refractivity contribution in [1.82, 2.24) is 14.6 Å². The molecule has 0 radical (unpaired) electrons. The van der Waals surface area contributed by atoms with E-state index in [-0.39, 0.29) is 11.5 Å². The van der Waals surface area contributed by atoms with E-state index in [0.29, 0.717) is 17.9 Å². The highest BCUT2D eigenvalue weighted by Crippen LogP contribution is 2.22. The van der Waals surface area contributed by atoms with Gasteiger partial charge in [0.25, 0.3) is 5.95 Å². The normalized spacial score (nSPS) is 11.8. The lowest BCUT2D eigenvalue weighted by atomic mass is 10.1. The molecule has 2 aromatic heterocycles. The Morgan fingerprint density at radius 3 is 2.52 bits per heavy atom. The first-order valence-electron chi connectivity index (χ1n) is 10.4. The van der Waals surface area contributed by atoms with Gasteiger partial charge in [0.15, 0.2) is 5.65 Å². The van der Waals surface area contributed by atoms with Crippen LogP contribution < -0.4 is 10.6 Å². The van der Waals surface area contributed by atoms with Gasteiger partial charge in [0.2, 0.25) is 0 Å². The first-order chi connectivity index (χ1) is 16.0. The second kappa shape index (κ2) is 9.78. The number of nitriles is 1. The molecule has 1 fully saturated rings. The van der Waals surface area contributed by atoms with Gasteiger partial charge in [-0.05, 0) is 35.9 Å². The summed E-state index contributed by atoms with van der Waals surface area (Å²) in [4.78, 5) is 14.9. The minimum Gasteiger partial charge on any atom is -0.465 e. The van der Waals surface area contributed by atoms with Crippen molar-refractivity contribution in [2.45, 2.75) is 25.8 Å². The van der Waals surface area contributed by atoms with Crippen molar-refractivity contribution in [3.8, 4) is 17.3 Å². The van der Waals surface area contributed by atoms with Crippen LogP contribution in [-0.2, 0) is 6.54 Å². The molecule has 0 unspecified atom stereocenters. The zero-order chi connectivity index (χ0) is 23.2. The smallest absolute Gasteiger partial charge is 0.411 e. The van der Waals surface area contributed by atoms with Gasteiger partial charge in [-0.1, -0.05) is 49.6 Å². The van der Waals surface area contributed by atoms with Crippen molar-refractivity contribution >= 4 is 23.4 Å². The number of carbonyl (C=O) groups is 1. The first-order valence-corrected chi connectivity index (χ1v) is 10.4. The van der Waals surface area contributed by atoms with Crippen LogP contribution in [0.2, 0.25) is 0 Å². The predicted octanol–water partition coefficient (Wildman–Crippen LogP) is 5.28. The molecule has 5 rings (SSSR count). The summed E-state index contributed by atoms with van der Waals surface area (Å²) in [6.07, 6.45) is 3.27. The van der Waals surface area contributed by atoms with E-state index in [1.54, 1.807) is 16.6 Å². The fraction of sp³-hybridized carbons (Fsp3) is 0.167. The fourth-order valence-electron chi connectivity index (χ4n) is 2.99. The van der Waals surface area contributed by atoms with E-state index in [1.165, 1.54) is 31.4 Å². The number of rotatable bonds is 5. The number of nitrogens with zero attached hydrogens (tertiary/aromatic N) is 4. The van der Waals surface area contributed by atoms with Gasteiger partial charge in [-0.2, -0.15) is 10.2 Å². The number of pyridine rings is 1. The summed E-state index contributed by atoms with van der Waals surface area (Å²) in [5.41, 5.74) is 3.65. The van der Waals surface area contributed by atoms with Gasteiger partial charge in [-0.25, -0.2) is 13.7 Å². The number of aromatic nitrogens is 3. The van der Waals surface area contributed by atoms with Crippen LogP contribution in [0, 0.1) is 17.1 Å². The van der Waals surface area contributed by atoms with E-state index in [4.69, 9.17) is 10.4 Å². The number of halogens is 1. The Kier molecular flexibility index (Phi) is 6.45. The van der Waals surface area contributed by atoms with Crippen molar-refractivity contribution in [3.63, 3.8) is 0 Å². The van der Waals surface area contributed by atoms with E-state index in [0.717, 1.165) is 16.8 Å². The maximum Gasteiger partial charge on any atom is 0.411 e.